The van der Waals surface area contributed by atoms with Crippen molar-refractivity contribution in [2.24, 2.45) is 0 Å². The molecule has 0 radical (unpaired) electrons. The van der Waals surface area contributed by atoms with Crippen LogP contribution in [0.2, 0.25) is 0 Å². The fourth-order valence-corrected chi connectivity index (χ4v) is 4.00. The van der Waals surface area contributed by atoms with E-state index in [-0.39, 0.29) is 48.6 Å². The summed E-state index contributed by atoms with van der Waals surface area (Å²) in [5, 5.41) is 30.8. The van der Waals surface area contributed by atoms with Crippen molar-refractivity contribution in [2.75, 3.05) is 25.0 Å². The Balaban J connectivity index is 1.29. The average Bonchev–Trinajstić information content (AvgIpc) is 3.29. The quantitative estimate of drug-likeness (QED) is 0.269. The minimum absolute atomic E-state index is 0.0280. The molecule has 3 heterocycles. The summed E-state index contributed by atoms with van der Waals surface area (Å²) in [6.07, 6.45) is -4.23. The number of benzene rings is 1. The van der Waals surface area contributed by atoms with Crippen LogP contribution in [0, 0.1) is 10.4 Å². The zero-order valence-corrected chi connectivity index (χ0v) is 20.0. The Morgan fingerprint density at radius 2 is 2.00 bits per heavy atom. The molecule has 0 saturated carbocycles. The van der Waals surface area contributed by atoms with Gasteiger partial charge in [-0.3, -0.25) is 19.9 Å². The minimum atomic E-state index is -4.67. The number of nitrogens with zero attached hydrogens (tertiary/aromatic N) is 5. The van der Waals surface area contributed by atoms with E-state index in [1.165, 1.54) is 23.1 Å². The molecule has 3 aromatic rings. The molecule has 1 amide bonds. The molecule has 1 saturated heterocycles. The van der Waals surface area contributed by atoms with Gasteiger partial charge in [-0.15, -0.1) is 0 Å². The van der Waals surface area contributed by atoms with E-state index in [1.807, 2.05) is 0 Å². The van der Waals surface area contributed by atoms with E-state index >= 15 is 0 Å². The normalized spacial score (nSPS) is 15.8. The molecule has 1 aromatic carbocycles. The highest BCUT2D eigenvalue weighted by Crippen LogP contribution is 2.28. The molecule has 1 N–H and O–H groups in total. The summed E-state index contributed by atoms with van der Waals surface area (Å²) >= 11 is 3.21. The first-order valence-electron chi connectivity index (χ1n) is 10.6. The molecule has 1 aliphatic heterocycles. The van der Waals surface area contributed by atoms with Gasteiger partial charge >= 0.3 is 23.6 Å². The first-order valence-corrected chi connectivity index (χ1v) is 11.4. The largest absolute Gasteiger partial charge is 0.739 e. The number of hydrogen-bond acceptors (Lipinski definition) is 8. The number of ether oxygens (including phenoxy) is 1. The second-order valence-electron chi connectivity index (χ2n) is 7.88. The van der Waals surface area contributed by atoms with Crippen molar-refractivity contribution in [2.45, 2.75) is 25.1 Å². The molecule has 1 fully saturated rings. The summed E-state index contributed by atoms with van der Waals surface area (Å²) in [5.41, 5.74) is -1.18. The summed E-state index contributed by atoms with van der Waals surface area (Å²) in [6.45, 7) is 0.179. The lowest BCUT2D eigenvalue weighted by Gasteiger charge is -2.17. The van der Waals surface area contributed by atoms with Gasteiger partial charge < -0.3 is 20.1 Å². The van der Waals surface area contributed by atoms with Crippen molar-refractivity contribution >= 4 is 44.8 Å². The van der Waals surface area contributed by atoms with Gasteiger partial charge in [0.25, 0.3) is 5.91 Å². The van der Waals surface area contributed by atoms with Gasteiger partial charge in [-0.05, 0) is 24.3 Å². The lowest BCUT2D eigenvalue weighted by atomic mass is 10.2. The van der Waals surface area contributed by atoms with Crippen LogP contribution in [0.15, 0.2) is 41.0 Å². The maximum Gasteiger partial charge on any atom is 0.460 e. The molecule has 0 aliphatic carbocycles. The predicted molar refractivity (Wildman–Crippen MR) is 120 cm³/mol. The SMILES string of the molecule is O=C(CCNc1n[n+]([O-])c2cc(Br)ccc2[n+]1[O-])O[C@H]1CCN(C(=O)c2ccnc(C(F)(F)F)c2)C1. The Hall–Kier alpha value is -3.75. The van der Waals surface area contributed by atoms with E-state index in [9.17, 15) is 33.2 Å². The van der Waals surface area contributed by atoms with Gasteiger partial charge in [0.05, 0.1) is 19.5 Å². The third-order valence-corrected chi connectivity index (χ3v) is 5.87. The molecule has 1 aliphatic rings. The Kier molecular flexibility index (Phi) is 7.10. The second-order valence-corrected chi connectivity index (χ2v) is 8.80. The number of carbonyl (C=O) groups excluding carboxylic acids is 2. The fourth-order valence-electron chi connectivity index (χ4n) is 3.65. The van der Waals surface area contributed by atoms with Crippen LogP contribution in [0.25, 0.3) is 11.0 Å². The summed E-state index contributed by atoms with van der Waals surface area (Å²) in [4.78, 5) is 29.6. The first-order chi connectivity index (χ1) is 17.0. The summed E-state index contributed by atoms with van der Waals surface area (Å²) < 4.78 is 45.0. The fraction of sp³-hybridized carbons (Fsp3) is 0.333. The van der Waals surface area contributed by atoms with Crippen LogP contribution in [-0.4, -0.2) is 52.6 Å². The zero-order valence-electron chi connectivity index (χ0n) is 18.4. The molecule has 36 heavy (non-hydrogen) atoms. The van der Waals surface area contributed by atoms with Crippen molar-refractivity contribution in [3.05, 3.63) is 62.7 Å². The van der Waals surface area contributed by atoms with Gasteiger partial charge in [-0.25, -0.2) is 4.73 Å². The number of amides is 1. The van der Waals surface area contributed by atoms with Crippen molar-refractivity contribution in [1.82, 2.24) is 15.0 Å². The number of anilines is 1. The highest BCUT2D eigenvalue weighted by Gasteiger charge is 2.34. The summed E-state index contributed by atoms with van der Waals surface area (Å²) in [7, 11) is 0. The summed E-state index contributed by atoms with van der Waals surface area (Å²) in [5.74, 6) is -1.54. The van der Waals surface area contributed by atoms with E-state index in [1.54, 1.807) is 6.07 Å². The number of alkyl halides is 3. The lowest BCUT2D eigenvalue weighted by Crippen LogP contribution is -2.44. The van der Waals surface area contributed by atoms with E-state index < -0.39 is 29.9 Å². The van der Waals surface area contributed by atoms with Crippen LogP contribution in [-0.2, 0) is 15.7 Å². The van der Waals surface area contributed by atoms with Crippen LogP contribution in [0.5, 0.6) is 0 Å². The number of halogens is 4. The molecule has 2 aromatic heterocycles. The Bertz CT molecular complexity index is 1330. The monoisotopic (exact) mass is 570 g/mol. The topological polar surface area (TPSA) is 138 Å². The number of hydrogen-bond donors (Lipinski definition) is 1. The Labute approximate surface area is 209 Å². The number of aromatic nitrogens is 4. The van der Waals surface area contributed by atoms with Crippen molar-refractivity contribution in [3.63, 3.8) is 0 Å². The standard InChI is InChI=1S/C21H18BrF3N6O5/c22-13-1-2-15-16(10-13)31(35)28-20(30(15)34)27-7-4-18(32)36-14-5-8-29(11-14)19(33)12-3-6-26-17(9-12)21(23,24)25/h1-3,6,9-10,14H,4-5,7-8,11H2,(H,27,28)/t14-/m0/s1. The molecule has 0 bridgehead atoms. The molecular weight excluding hydrogens is 553 g/mol. The molecule has 0 unspecified atom stereocenters. The Morgan fingerprint density at radius 3 is 2.75 bits per heavy atom. The van der Waals surface area contributed by atoms with Gasteiger partial charge in [0, 0.05) is 40.1 Å². The number of nitrogens with one attached hydrogen (secondary N) is 1. The van der Waals surface area contributed by atoms with Gasteiger partial charge in [0.2, 0.25) is 5.10 Å². The zero-order chi connectivity index (χ0) is 26.0. The molecule has 4 rings (SSSR count). The molecule has 15 heteroatoms. The van der Waals surface area contributed by atoms with Crippen LogP contribution in [0.4, 0.5) is 19.1 Å². The van der Waals surface area contributed by atoms with E-state index in [2.05, 4.69) is 31.3 Å². The van der Waals surface area contributed by atoms with Gasteiger partial charge in [0.1, 0.15) is 11.8 Å². The third kappa shape index (κ3) is 5.56. The number of rotatable bonds is 6. The lowest BCUT2D eigenvalue weighted by molar-refractivity contribution is -0.672. The molecule has 11 nitrogen and oxygen atoms in total. The average molecular weight is 571 g/mol. The number of esters is 1. The van der Waals surface area contributed by atoms with Gasteiger partial charge in [0.15, 0.2) is 5.52 Å². The number of likely N-dealkylation sites (tertiary alicyclic amines) is 1. The maximum atomic E-state index is 12.9. The van der Waals surface area contributed by atoms with Crippen LogP contribution < -0.4 is 14.9 Å². The number of carbonyl (C=O) groups is 2. The molecule has 1 atom stereocenters. The van der Waals surface area contributed by atoms with Crippen molar-refractivity contribution in [1.29, 1.82) is 0 Å². The highest BCUT2D eigenvalue weighted by molar-refractivity contribution is 9.10. The smallest absolute Gasteiger partial charge is 0.460 e. The highest BCUT2D eigenvalue weighted by atomic mass is 79.9. The first kappa shape index (κ1) is 25.3. The summed E-state index contributed by atoms with van der Waals surface area (Å²) in [6, 6.07) is 6.36. The number of fused-ring (bicyclic) bond motifs is 1. The molecular formula is C21H18BrF3N6O5. The van der Waals surface area contributed by atoms with E-state index in [0.717, 1.165) is 6.20 Å². The van der Waals surface area contributed by atoms with Crippen molar-refractivity contribution in [3.8, 4) is 0 Å². The third-order valence-electron chi connectivity index (χ3n) is 5.38. The number of pyridine rings is 1. The van der Waals surface area contributed by atoms with Gasteiger partial charge in [-0.1, -0.05) is 15.9 Å². The van der Waals surface area contributed by atoms with E-state index in [4.69, 9.17) is 4.74 Å². The van der Waals surface area contributed by atoms with Crippen LogP contribution in [0.1, 0.15) is 28.9 Å². The Morgan fingerprint density at radius 1 is 1.22 bits per heavy atom. The van der Waals surface area contributed by atoms with Crippen LogP contribution >= 0.6 is 15.9 Å². The minimum Gasteiger partial charge on any atom is -0.739 e. The second kappa shape index (κ2) is 10.1. The van der Waals surface area contributed by atoms with Crippen LogP contribution in [0.3, 0.4) is 0 Å². The van der Waals surface area contributed by atoms with Crippen molar-refractivity contribution < 1.29 is 37.1 Å². The molecule has 190 valence electrons. The molecule has 0 spiro atoms. The van der Waals surface area contributed by atoms with E-state index in [0.29, 0.717) is 26.5 Å². The predicted octanol–water partition coefficient (Wildman–Crippen LogP) is 1.94. The van der Waals surface area contributed by atoms with Gasteiger partial charge in [-0.2, -0.15) is 13.2 Å². The maximum absolute atomic E-state index is 12.9.